The van der Waals surface area contributed by atoms with Crippen LogP contribution in [0.4, 0.5) is 4.39 Å². The van der Waals surface area contributed by atoms with Crippen LogP contribution in [0.15, 0.2) is 9.59 Å². The van der Waals surface area contributed by atoms with E-state index < -0.39 is 22.2 Å². The van der Waals surface area contributed by atoms with Crippen molar-refractivity contribution in [3.63, 3.8) is 0 Å². The van der Waals surface area contributed by atoms with Crippen LogP contribution in [0.2, 0.25) is 5.15 Å². The number of hydrogen-bond acceptors (Lipinski definition) is 3. The Morgan fingerprint density at radius 2 is 2.17 bits per heavy atom. The van der Waals surface area contributed by atoms with Gasteiger partial charge >= 0.3 is 5.69 Å². The van der Waals surface area contributed by atoms with Crippen molar-refractivity contribution < 1.29 is 4.39 Å². The Morgan fingerprint density at radius 3 is 2.83 bits per heavy atom. The third-order valence-corrected chi connectivity index (χ3v) is 4.69. The van der Waals surface area contributed by atoms with Gasteiger partial charge < -0.3 is 0 Å². The largest absolute Gasteiger partial charge is 0.329 e. The number of aromatic nitrogens is 2. The van der Waals surface area contributed by atoms with Gasteiger partial charge in [0.25, 0.3) is 5.56 Å². The first-order valence-corrected chi connectivity index (χ1v) is 7.43. The van der Waals surface area contributed by atoms with Crippen LogP contribution in [0.1, 0.15) is 31.7 Å². The molecule has 18 heavy (non-hydrogen) atoms. The Kier molecular flexibility index (Phi) is 4.17. The zero-order valence-electron chi connectivity index (χ0n) is 9.91. The van der Waals surface area contributed by atoms with Gasteiger partial charge in [-0.3, -0.25) is 14.3 Å². The van der Waals surface area contributed by atoms with Crippen molar-refractivity contribution in [1.29, 1.82) is 0 Å². The molecular formula is C11H14ClFN2O2S. The van der Waals surface area contributed by atoms with Crippen LogP contribution in [0.3, 0.4) is 0 Å². The smallest absolute Gasteiger partial charge is 0.295 e. The van der Waals surface area contributed by atoms with E-state index in [4.69, 9.17) is 11.6 Å². The zero-order valence-corrected chi connectivity index (χ0v) is 11.5. The summed E-state index contributed by atoms with van der Waals surface area (Å²) in [5.74, 6) is -1.08. The van der Waals surface area contributed by atoms with Gasteiger partial charge in [0.2, 0.25) is 5.82 Å². The van der Waals surface area contributed by atoms with Gasteiger partial charge in [-0.1, -0.05) is 18.0 Å². The van der Waals surface area contributed by atoms with E-state index in [9.17, 15) is 14.0 Å². The number of hydrogen-bond donors (Lipinski definition) is 1. The monoisotopic (exact) mass is 292 g/mol. The van der Waals surface area contributed by atoms with Crippen LogP contribution in [-0.2, 0) is 0 Å². The highest BCUT2D eigenvalue weighted by Gasteiger charge is 2.26. The van der Waals surface area contributed by atoms with Crippen LogP contribution in [0, 0.1) is 5.82 Å². The zero-order chi connectivity index (χ0) is 13.3. The lowest BCUT2D eigenvalue weighted by molar-refractivity contribution is 0.336. The van der Waals surface area contributed by atoms with E-state index >= 15 is 0 Å². The van der Waals surface area contributed by atoms with Crippen molar-refractivity contribution in [2.24, 2.45) is 0 Å². The lowest BCUT2D eigenvalue weighted by Gasteiger charge is -2.28. The molecule has 1 aromatic rings. The van der Waals surface area contributed by atoms with Crippen molar-refractivity contribution in [3.05, 3.63) is 31.8 Å². The average molecular weight is 293 g/mol. The first-order valence-electron chi connectivity index (χ1n) is 5.77. The first-order chi connectivity index (χ1) is 8.54. The Hall–Kier alpha value is -0.750. The SMILES string of the molecule is CSC1CCCC(n2c(=O)[nH]c(Cl)c(F)c2=O)C1. The fourth-order valence-electron chi connectivity index (χ4n) is 2.40. The van der Waals surface area contributed by atoms with Crippen molar-refractivity contribution in [3.8, 4) is 0 Å². The molecule has 1 aromatic heterocycles. The maximum Gasteiger partial charge on any atom is 0.329 e. The second kappa shape index (κ2) is 5.48. The summed E-state index contributed by atoms with van der Waals surface area (Å²) in [6.45, 7) is 0. The molecule has 100 valence electrons. The third-order valence-electron chi connectivity index (χ3n) is 3.33. The fraction of sp³-hybridized carbons (Fsp3) is 0.636. The summed E-state index contributed by atoms with van der Waals surface area (Å²) in [5.41, 5.74) is -1.55. The summed E-state index contributed by atoms with van der Waals surface area (Å²) < 4.78 is 14.4. The van der Waals surface area contributed by atoms with Crippen molar-refractivity contribution >= 4 is 23.4 Å². The maximum absolute atomic E-state index is 13.5. The number of nitrogens with zero attached hydrogens (tertiary/aromatic N) is 1. The van der Waals surface area contributed by atoms with Gasteiger partial charge in [-0.2, -0.15) is 16.2 Å². The van der Waals surface area contributed by atoms with Crippen LogP contribution in [0.25, 0.3) is 0 Å². The first kappa shape index (κ1) is 13.7. The molecular weight excluding hydrogens is 279 g/mol. The molecule has 1 saturated carbocycles. The van der Waals surface area contributed by atoms with E-state index in [1.807, 2.05) is 6.26 Å². The van der Waals surface area contributed by atoms with Crippen LogP contribution in [0.5, 0.6) is 0 Å². The van der Waals surface area contributed by atoms with E-state index in [1.54, 1.807) is 11.8 Å². The molecule has 1 N–H and O–H groups in total. The molecule has 0 bridgehead atoms. The summed E-state index contributed by atoms with van der Waals surface area (Å²) in [7, 11) is 0. The predicted octanol–water partition coefficient (Wildman–Crippen LogP) is 2.18. The van der Waals surface area contributed by atoms with Crippen molar-refractivity contribution in [1.82, 2.24) is 9.55 Å². The number of nitrogens with one attached hydrogen (secondary N) is 1. The molecule has 0 spiro atoms. The van der Waals surface area contributed by atoms with Crippen molar-refractivity contribution in [2.75, 3.05) is 6.26 Å². The standard InChI is InChI=1S/C11H14ClFN2O2S/c1-18-7-4-2-3-6(5-7)15-10(16)8(13)9(12)14-11(15)17/h6-7H,2-5H2,1H3,(H,14,17). The molecule has 0 saturated heterocycles. The molecule has 1 aliphatic rings. The lowest BCUT2D eigenvalue weighted by atomic mass is 9.95. The van der Waals surface area contributed by atoms with E-state index in [1.165, 1.54) is 0 Å². The Balaban J connectivity index is 2.42. The predicted molar refractivity (Wildman–Crippen MR) is 71.1 cm³/mol. The van der Waals surface area contributed by atoms with Crippen LogP contribution in [-0.4, -0.2) is 21.1 Å². The van der Waals surface area contributed by atoms with Crippen LogP contribution < -0.4 is 11.2 Å². The average Bonchev–Trinajstić information content (AvgIpc) is 2.36. The minimum Gasteiger partial charge on any atom is -0.295 e. The number of aromatic amines is 1. The van der Waals surface area contributed by atoms with Crippen molar-refractivity contribution in [2.45, 2.75) is 37.0 Å². The number of halogens is 2. The Morgan fingerprint density at radius 1 is 1.44 bits per heavy atom. The number of H-pyrrole nitrogens is 1. The third kappa shape index (κ3) is 2.49. The topological polar surface area (TPSA) is 54.9 Å². The maximum atomic E-state index is 13.5. The normalized spacial score (nSPS) is 24.2. The van der Waals surface area contributed by atoms with E-state index in [-0.39, 0.29) is 6.04 Å². The van der Waals surface area contributed by atoms with Gasteiger partial charge in [0.05, 0.1) is 0 Å². The fourth-order valence-corrected chi connectivity index (χ4v) is 3.38. The van der Waals surface area contributed by atoms with Gasteiger partial charge in [0, 0.05) is 11.3 Å². The number of rotatable bonds is 2. The molecule has 0 radical (unpaired) electrons. The second-order valence-corrected chi connectivity index (χ2v) is 5.93. The van der Waals surface area contributed by atoms with Gasteiger partial charge in [-0.25, -0.2) is 4.79 Å². The molecule has 0 aromatic carbocycles. The quantitative estimate of drug-likeness (QED) is 0.850. The number of thioether (sulfide) groups is 1. The molecule has 0 aliphatic heterocycles. The van der Waals surface area contributed by atoms with E-state index in [0.29, 0.717) is 11.7 Å². The molecule has 2 atom stereocenters. The summed E-state index contributed by atoms with van der Waals surface area (Å²) in [4.78, 5) is 25.7. The molecule has 1 aliphatic carbocycles. The summed E-state index contributed by atoms with van der Waals surface area (Å²) in [5, 5.41) is -0.104. The Bertz CT molecular complexity index is 557. The van der Waals surface area contributed by atoms with Gasteiger partial charge in [0.1, 0.15) is 0 Å². The van der Waals surface area contributed by atoms with Gasteiger partial charge in [-0.15, -0.1) is 0 Å². The van der Waals surface area contributed by atoms with Gasteiger partial charge in [-0.05, 0) is 25.5 Å². The molecule has 0 amide bonds. The molecule has 4 nitrogen and oxygen atoms in total. The highest BCUT2D eigenvalue weighted by molar-refractivity contribution is 7.99. The molecule has 7 heteroatoms. The summed E-state index contributed by atoms with van der Waals surface area (Å²) >= 11 is 7.15. The van der Waals surface area contributed by atoms with Crippen LogP contribution >= 0.6 is 23.4 Å². The minimum absolute atomic E-state index is 0.237. The highest BCUT2D eigenvalue weighted by Crippen LogP contribution is 2.32. The molecule has 2 rings (SSSR count). The minimum atomic E-state index is -1.08. The lowest BCUT2D eigenvalue weighted by Crippen LogP contribution is -2.41. The van der Waals surface area contributed by atoms with Gasteiger partial charge in [0.15, 0.2) is 5.15 Å². The molecule has 2 unspecified atom stereocenters. The van der Waals surface area contributed by atoms with E-state index in [2.05, 4.69) is 4.98 Å². The summed E-state index contributed by atoms with van der Waals surface area (Å²) in [6, 6.07) is -0.237. The second-order valence-electron chi connectivity index (χ2n) is 4.41. The molecule has 1 heterocycles. The summed E-state index contributed by atoms with van der Waals surface area (Å²) in [6.07, 6.45) is 5.45. The molecule has 1 fully saturated rings. The highest BCUT2D eigenvalue weighted by atomic mass is 35.5. The Labute approximate surface area is 113 Å². The van der Waals surface area contributed by atoms with E-state index in [0.717, 1.165) is 23.8 Å².